The number of carbonyl (C=O) groups is 1. The highest BCUT2D eigenvalue weighted by Crippen LogP contribution is 2.17. The number of aryl methyl sites for hydroxylation is 1. The third-order valence-electron chi connectivity index (χ3n) is 3.88. The smallest absolute Gasteiger partial charge is 0.253 e. The number of rotatable bonds is 4. The van der Waals surface area contributed by atoms with E-state index in [1.54, 1.807) is 36.6 Å². The molecular weight excluding hydrogens is 311 g/mol. The predicted octanol–water partition coefficient (Wildman–Crippen LogP) is 2.03. The number of hydrogen-bond acceptors (Lipinski definition) is 4. The number of pyridine rings is 1. The van der Waals surface area contributed by atoms with E-state index in [2.05, 4.69) is 15.5 Å². The van der Waals surface area contributed by atoms with Crippen molar-refractivity contribution in [2.24, 2.45) is 0 Å². The van der Waals surface area contributed by atoms with E-state index in [-0.39, 0.29) is 11.7 Å². The first-order valence-corrected chi connectivity index (χ1v) is 7.51. The summed E-state index contributed by atoms with van der Waals surface area (Å²) in [6, 6.07) is 8.35. The van der Waals surface area contributed by atoms with Crippen molar-refractivity contribution in [3.05, 3.63) is 65.4 Å². The molecule has 2 N–H and O–H groups in total. The van der Waals surface area contributed by atoms with Crippen LogP contribution in [-0.4, -0.2) is 31.7 Å². The van der Waals surface area contributed by atoms with E-state index >= 15 is 0 Å². The summed E-state index contributed by atoms with van der Waals surface area (Å²) >= 11 is 0. The number of hydrogen-bond donors (Lipinski definition) is 2. The summed E-state index contributed by atoms with van der Waals surface area (Å²) < 4.78 is 14.7. The Morgan fingerprint density at radius 1 is 1.21 bits per heavy atom. The van der Waals surface area contributed by atoms with Gasteiger partial charge >= 0.3 is 0 Å². The normalized spacial score (nSPS) is 13.7. The third-order valence-corrected chi connectivity index (χ3v) is 3.88. The number of nitrogens with zero attached hydrogens (tertiary/aromatic N) is 3. The first-order valence-electron chi connectivity index (χ1n) is 7.51. The Kier molecular flexibility index (Phi) is 4.26. The van der Waals surface area contributed by atoms with Crippen molar-refractivity contribution >= 4 is 11.6 Å². The second kappa shape index (κ2) is 6.37. The molecule has 0 aliphatic heterocycles. The van der Waals surface area contributed by atoms with Gasteiger partial charge in [-0.15, -0.1) is 10.2 Å². The Bertz CT molecular complexity index is 876. The van der Waals surface area contributed by atoms with Crippen molar-refractivity contribution in [3.8, 4) is 0 Å². The lowest BCUT2D eigenvalue weighted by molar-refractivity contribution is 0.0851. The van der Waals surface area contributed by atoms with Crippen molar-refractivity contribution in [1.29, 1.82) is 0 Å². The molecule has 2 atom stereocenters. The molecule has 0 aliphatic rings. The lowest BCUT2D eigenvalue weighted by Crippen LogP contribution is -2.37. The van der Waals surface area contributed by atoms with E-state index < -0.39 is 12.1 Å². The van der Waals surface area contributed by atoms with Gasteiger partial charge in [-0.3, -0.25) is 9.20 Å². The van der Waals surface area contributed by atoms with Crippen LogP contribution in [0.25, 0.3) is 5.65 Å². The first-order chi connectivity index (χ1) is 11.5. The van der Waals surface area contributed by atoms with Crippen LogP contribution < -0.4 is 5.32 Å². The number of halogens is 1. The Labute approximate surface area is 138 Å². The maximum absolute atomic E-state index is 13.0. The van der Waals surface area contributed by atoms with Crippen LogP contribution in [0.3, 0.4) is 0 Å². The standard InChI is InChI=1S/C17H17FN4O2/c1-10(16(23)12-3-6-14(18)7-4-12)19-17(24)13-5-8-15-21-20-11(2)22(15)9-13/h3-10,16,23H,1-2H3,(H,19,24). The number of amides is 1. The zero-order valence-corrected chi connectivity index (χ0v) is 13.3. The zero-order chi connectivity index (χ0) is 17.3. The van der Waals surface area contributed by atoms with E-state index in [9.17, 15) is 14.3 Å². The van der Waals surface area contributed by atoms with Gasteiger partial charge in [0.2, 0.25) is 0 Å². The van der Waals surface area contributed by atoms with E-state index in [4.69, 9.17) is 0 Å². The Balaban J connectivity index is 1.74. The largest absolute Gasteiger partial charge is 0.386 e. The maximum Gasteiger partial charge on any atom is 0.253 e. The van der Waals surface area contributed by atoms with E-state index in [1.807, 2.05) is 0 Å². The van der Waals surface area contributed by atoms with Gasteiger partial charge in [0.15, 0.2) is 5.65 Å². The number of nitrogens with one attached hydrogen (secondary N) is 1. The molecule has 124 valence electrons. The van der Waals surface area contributed by atoms with Crippen molar-refractivity contribution in [2.75, 3.05) is 0 Å². The number of aliphatic hydroxyl groups excluding tert-OH is 1. The summed E-state index contributed by atoms with van der Waals surface area (Å²) in [5.41, 5.74) is 1.63. The van der Waals surface area contributed by atoms with Crippen molar-refractivity contribution in [1.82, 2.24) is 19.9 Å². The third kappa shape index (κ3) is 3.11. The number of benzene rings is 1. The highest BCUT2D eigenvalue weighted by atomic mass is 19.1. The Morgan fingerprint density at radius 3 is 2.62 bits per heavy atom. The van der Waals surface area contributed by atoms with Gasteiger partial charge in [-0.2, -0.15) is 0 Å². The maximum atomic E-state index is 13.0. The molecule has 1 aromatic carbocycles. The Morgan fingerprint density at radius 2 is 1.92 bits per heavy atom. The summed E-state index contributed by atoms with van der Waals surface area (Å²) in [7, 11) is 0. The lowest BCUT2D eigenvalue weighted by Gasteiger charge is -2.20. The van der Waals surface area contributed by atoms with Crippen molar-refractivity contribution in [3.63, 3.8) is 0 Å². The number of carbonyl (C=O) groups excluding carboxylic acids is 1. The molecule has 0 fully saturated rings. The zero-order valence-electron chi connectivity index (χ0n) is 13.3. The van der Waals surface area contributed by atoms with E-state index in [1.165, 1.54) is 24.3 Å². The molecule has 3 aromatic rings. The van der Waals surface area contributed by atoms with Gasteiger partial charge in [-0.25, -0.2) is 4.39 Å². The summed E-state index contributed by atoms with van der Waals surface area (Å²) in [5, 5.41) is 21.0. The molecule has 0 bridgehead atoms. The van der Waals surface area contributed by atoms with Crippen LogP contribution in [0.15, 0.2) is 42.6 Å². The highest BCUT2D eigenvalue weighted by Gasteiger charge is 2.19. The Hall–Kier alpha value is -2.80. The second-order valence-corrected chi connectivity index (χ2v) is 5.65. The molecule has 6 nitrogen and oxygen atoms in total. The molecule has 0 aliphatic carbocycles. The molecular formula is C17H17FN4O2. The van der Waals surface area contributed by atoms with E-state index in [0.29, 0.717) is 22.6 Å². The first kappa shape index (κ1) is 16.1. The SMILES string of the molecule is Cc1nnc2ccc(C(=O)NC(C)C(O)c3ccc(F)cc3)cn12. The molecule has 0 saturated heterocycles. The molecule has 2 heterocycles. The molecule has 24 heavy (non-hydrogen) atoms. The average Bonchev–Trinajstić information content (AvgIpc) is 2.95. The lowest BCUT2D eigenvalue weighted by atomic mass is 10.0. The number of aromatic nitrogens is 3. The van der Waals surface area contributed by atoms with Crippen LogP contribution in [0.4, 0.5) is 4.39 Å². The van der Waals surface area contributed by atoms with Gasteiger partial charge in [0.1, 0.15) is 11.6 Å². The highest BCUT2D eigenvalue weighted by molar-refractivity contribution is 5.94. The molecule has 0 spiro atoms. The van der Waals surface area contributed by atoms with Crippen LogP contribution in [0.2, 0.25) is 0 Å². The number of aliphatic hydroxyl groups is 1. The summed E-state index contributed by atoms with van der Waals surface area (Å²) in [6.07, 6.45) is 0.715. The fraction of sp³-hybridized carbons (Fsp3) is 0.235. The molecule has 1 amide bonds. The summed E-state index contributed by atoms with van der Waals surface area (Å²) in [5.74, 6) is -0.0158. The fourth-order valence-electron chi connectivity index (χ4n) is 2.46. The van der Waals surface area contributed by atoms with Crippen LogP contribution in [0.1, 0.15) is 34.8 Å². The van der Waals surface area contributed by atoms with Gasteiger partial charge in [-0.05, 0) is 43.7 Å². The minimum absolute atomic E-state index is 0.321. The van der Waals surface area contributed by atoms with Gasteiger partial charge in [-0.1, -0.05) is 12.1 Å². The van der Waals surface area contributed by atoms with Crippen LogP contribution in [0, 0.1) is 12.7 Å². The van der Waals surface area contributed by atoms with Gasteiger partial charge in [0.25, 0.3) is 5.91 Å². The van der Waals surface area contributed by atoms with Crippen molar-refractivity contribution < 1.29 is 14.3 Å². The number of fused-ring (bicyclic) bond motifs is 1. The average molecular weight is 328 g/mol. The van der Waals surface area contributed by atoms with Gasteiger partial charge < -0.3 is 10.4 Å². The van der Waals surface area contributed by atoms with Crippen LogP contribution in [0.5, 0.6) is 0 Å². The molecule has 3 rings (SSSR count). The molecule has 0 radical (unpaired) electrons. The van der Waals surface area contributed by atoms with Gasteiger partial charge in [0.05, 0.1) is 17.7 Å². The molecule has 7 heteroatoms. The minimum atomic E-state index is -0.935. The summed E-state index contributed by atoms with van der Waals surface area (Å²) in [4.78, 5) is 12.4. The van der Waals surface area contributed by atoms with Gasteiger partial charge in [0, 0.05) is 6.20 Å². The monoisotopic (exact) mass is 328 g/mol. The van der Waals surface area contributed by atoms with Crippen molar-refractivity contribution in [2.45, 2.75) is 26.0 Å². The van der Waals surface area contributed by atoms with Crippen LogP contribution in [-0.2, 0) is 0 Å². The quantitative estimate of drug-likeness (QED) is 0.768. The molecule has 2 unspecified atom stereocenters. The van der Waals surface area contributed by atoms with Crippen LogP contribution >= 0.6 is 0 Å². The molecule has 2 aromatic heterocycles. The molecule has 0 saturated carbocycles. The fourth-order valence-corrected chi connectivity index (χ4v) is 2.46. The topological polar surface area (TPSA) is 79.5 Å². The minimum Gasteiger partial charge on any atom is -0.386 e. The second-order valence-electron chi connectivity index (χ2n) is 5.65. The summed E-state index contributed by atoms with van der Waals surface area (Å²) in [6.45, 7) is 3.48. The van der Waals surface area contributed by atoms with E-state index in [0.717, 1.165) is 0 Å². The predicted molar refractivity (Wildman–Crippen MR) is 86.0 cm³/mol.